The second-order valence-electron chi connectivity index (χ2n) is 6.59. The third-order valence-electron chi connectivity index (χ3n) is 4.44. The van der Waals surface area contributed by atoms with Crippen molar-refractivity contribution in [1.82, 2.24) is 4.98 Å². The zero-order chi connectivity index (χ0) is 22.0. The Morgan fingerprint density at radius 1 is 1.06 bits per heavy atom. The van der Waals surface area contributed by atoms with Gasteiger partial charge in [-0.25, -0.2) is 22.2 Å². The normalized spacial score (nSPS) is 13.1. The van der Waals surface area contributed by atoms with Crippen LogP contribution in [0.5, 0.6) is 11.5 Å². The molecule has 0 bridgehead atoms. The van der Waals surface area contributed by atoms with Crippen molar-refractivity contribution in [2.24, 2.45) is 0 Å². The topological polar surface area (TPSA) is 94.6 Å². The van der Waals surface area contributed by atoms with Crippen LogP contribution in [-0.4, -0.2) is 38.3 Å². The van der Waals surface area contributed by atoms with E-state index in [0.717, 1.165) is 23.5 Å². The van der Waals surface area contributed by atoms with Crippen molar-refractivity contribution >= 4 is 32.2 Å². The molecule has 1 N–H and O–H groups in total. The SMILES string of the molecule is O=C(CCS(=O)(=O)c1ccc2c(c1)OCCO2)Nc1nc(-c2ccc(F)c(F)c2)cs1. The molecule has 1 amide bonds. The number of nitrogens with one attached hydrogen (secondary N) is 1. The summed E-state index contributed by atoms with van der Waals surface area (Å²) in [5.41, 5.74) is 0.722. The van der Waals surface area contributed by atoms with E-state index in [1.165, 1.54) is 24.3 Å². The number of rotatable bonds is 6. The maximum absolute atomic E-state index is 13.4. The highest BCUT2D eigenvalue weighted by Gasteiger charge is 2.21. The monoisotopic (exact) mass is 466 g/mol. The molecule has 0 saturated carbocycles. The van der Waals surface area contributed by atoms with Gasteiger partial charge in [0, 0.05) is 23.4 Å². The number of carbonyl (C=O) groups excluding carboxylic acids is 1. The molecule has 0 aliphatic carbocycles. The van der Waals surface area contributed by atoms with Gasteiger partial charge in [-0.05, 0) is 30.3 Å². The van der Waals surface area contributed by atoms with Gasteiger partial charge in [-0.1, -0.05) is 0 Å². The van der Waals surface area contributed by atoms with Gasteiger partial charge in [-0.3, -0.25) is 4.79 Å². The van der Waals surface area contributed by atoms with Gasteiger partial charge < -0.3 is 14.8 Å². The van der Waals surface area contributed by atoms with E-state index < -0.39 is 33.1 Å². The molecule has 2 aromatic carbocycles. The van der Waals surface area contributed by atoms with Crippen LogP contribution in [0.3, 0.4) is 0 Å². The smallest absolute Gasteiger partial charge is 0.227 e. The van der Waals surface area contributed by atoms with Gasteiger partial charge in [-0.2, -0.15) is 0 Å². The van der Waals surface area contributed by atoms with Crippen LogP contribution in [0.1, 0.15) is 6.42 Å². The van der Waals surface area contributed by atoms with Crippen molar-refractivity contribution in [3.8, 4) is 22.8 Å². The van der Waals surface area contributed by atoms with E-state index in [1.807, 2.05) is 0 Å². The first-order chi connectivity index (χ1) is 14.8. The summed E-state index contributed by atoms with van der Waals surface area (Å²) in [6.45, 7) is 0.729. The van der Waals surface area contributed by atoms with Crippen molar-refractivity contribution in [3.63, 3.8) is 0 Å². The average Bonchev–Trinajstić information content (AvgIpc) is 3.22. The van der Waals surface area contributed by atoms with Crippen molar-refractivity contribution in [3.05, 3.63) is 53.4 Å². The highest BCUT2D eigenvalue weighted by molar-refractivity contribution is 7.91. The van der Waals surface area contributed by atoms with Gasteiger partial charge in [0.15, 0.2) is 38.1 Å². The molecule has 0 unspecified atom stereocenters. The van der Waals surface area contributed by atoms with Gasteiger partial charge in [0.25, 0.3) is 0 Å². The minimum absolute atomic E-state index is 0.0411. The average molecular weight is 466 g/mol. The number of carbonyl (C=O) groups is 1. The highest BCUT2D eigenvalue weighted by atomic mass is 32.2. The fourth-order valence-electron chi connectivity index (χ4n) is 2.86. The molecule has 7 nitrogen and oxygen atoms in total. The minimum atomic E-state index is -3.72. The van der Waals surface area contributed by atoms with Crippen molar-refractivity contribution in [2.45, 2.75) is 11.3 Å². The summed E-state index contributed by atoms with van der Waals surface area (Å²) < 4.78 is 62.4. The molecule has 1 aliphatic rings. The lowest BCUT2D eigenvalue weighted by Crippen LogP contribution is -2.18. The lowest BCUT2D eigenvalue weighted by atomic mass is 10.2. The molecule has 162 valence electrons. The van der Waals surface area contributed by atoms with Gasteiger partial charge in [-0.15, -0.1) is 11.3 Å². The molecular formula is C20H16F2N2O5S2. The molecular weight excluding hydrogens is 450 g/mol. The molecule has 4 rings (SSSR count). The fourth-order valence-corrected chi connectivity index (χ4v) is 4.85. The predicted molar refractivity (Wildman–Crippen MR) is 110 cm³/mol. The predicted octanol–water partition coefficient (Wildman–Crippen LogP) is 3.66. The van der Waals surface area contributed by atoms with Crippen LogP contribution in [0.15, 0.2) is 46.7 Å². The summed E-state index contributed by atoms with van der Waals surface area (Å²) in [5.74, 6) is -2.08. The molecule has 1 aliphatic heterocycles. The Balaban J connectivity index is 1.38. The third-order valence-corrected chi connectivity index (χ3v) is 6.91. The Labute approximate surface area is 180 Å². The minimum Gasteiger partial charge on any atom is -0.486 e. The Kier molecular flexibility index (Phi) is 5.88. The number of ether oxygens (including phenoxy) is 2. The maximum atomic E-state index is 13.4. The van der Waals surface area contributed by atoms with Gasteiger partial charge in [0.1, 0.15) is 13.2 Å². The lowest BCUT2D eigenvalue weighted by Gasteiger charge is -2.18. The molecule has 31 heavy (non-hydrogen) atoms. The third kappa shape index (κ3) is 4.83. The molecule has 0 atom stereocenters. The van der Waals surface area contributed by atoms with Crippen LogP contribution in [0.25, 0.3) is 11.3 Å². The first-order valence-electron chi connectivity index (χ1n) is 9.15. The van der Waals surface area contributed by atoms with Crippen LogP contribution in [0.2, 0.25) is 0 Å². The molecule has 0 radical (unpaired) electrons. The van der Waals surface area contributed by atoms with E-state index >= 15 is 0 Å². The number of amides is 1. The maximum Gasteiger partial charge on any atom is 0.227 e. The number of halogens is 2. The molecule has 0 fully saturated rings. The number of hydrogen-bond donors (Lipinski definition) is 1. The van der Waals surface area contributed by atoms with Crippen LogP contribution < -0.4 is 14.8 Å². The second-order valence-corrected chi connectivity index (χ2v) is 9.56. The second kappa shape index (κ2) is 8.60. The van der Waals surface area contributed by atoms with Crippen molar-refractivity contribution in [1.29, 1.82) is 0 Å². The standard InChI is InChI=1S/C20H16F2N2O5S2/c21-14-3-1-12(9-15(14)22)16-11-30-20(23-16)24-19(25)5-8-31(26,27)13-2-4-17-18(10-13)29-7-6-28-17/h1-4,9-11H,5-8H2,(H,23,24,25). The van der Waals surface area contributed by atoms with Gasteiger partial charge in [0.05, 0.1) is 16.3 Å². The molecule has 11 heteroatoms. The van der Waals surface area contributed by atoms with E-state index in [4.69, 9.17) is 9.47 Å². The largest absolute Gasteiger partial charge is 0.486 e. The summed E-state index contributed by atoms with van der Waals surface area (Å²) >= 11 is 1.09. The lowest BCUT2D eigenvalue weighted by molar-refractivity contribution is -0.115. The molecule has 2 heterocycles. The van der Waals surface area contributed by atoms with Crippen LogP contribution >= 0.6 is 11.3 Å². The summed E-state index contributed by atoms with van der Waals surface area (Å²) in [7, 11) is -3.72. The van der Waals surface area contributed by atoms with E-state index in [2.05, 4.69) is 10.3 Å². The van der Waals surface area contributed by atoms with Crippen LogP contribution in [-0.2, 0) is 14.6 Å². The zero-order valence-corrected chi connectivity index (χ0v) is 17.6. The Morgan fingerprint density at radius 2 is 1.84 bits per heavy atom. The number of nitrogens with zero attached hydrogens (tertiary/aromatic N) is 1. The number of hydrogen-bond acceptors (Lipinski definition) is 7. The zero-order valence-electron chi connectivity index (χ0n) is 15.9. The summed E-state index contributed by atoms with van der Waals surface area (Å²) in [5, 5.41) is 4.32. The van der Waals surface area contributed by atoms with E-state index in [-0.39, 0.29) is 16.4 Å². The van der Waals surface area contributed by atoms with Crippen LogP contribution in [0, 0.1) is 11.6 Å². The number of fused-ring (bicyclic) bond motifs is 1. The fraction of sp³-hybridized carbons (Fsp3) is 0.200. The number of benzene rings is 2. The Bertz CT molecular complexity index is 1240. The summed E-state index contributed by atoms with van der Waals surface area (Å²) in [4.78, 5) is 16.4. The highest BCUT2D eigenvalue weighted by Crippen LogP contribution is 2.32. The number of thiazole rings is 1. The molecule has 1 aromatic heterocycles. The Morgan fingerprint density at radius 3 is 2.61 bits per heavy atom. The molecule has 0 saturated heterocycles. The first-order valence-corrected chi connectivity index (χ1v) is 11.7. The van der Waals surface area contributed by atoms with E-state index in [1.54, 1.807) is 5.38 Å². The van der Waals surface area contributed by atoms with Crippen LogP contribution in [0.4, 0.5) is 13.9 Å². The van der Waals surface area contributed by atoms with Gasteiger partial charge >= 0.3 is 0 Å². The molecule has 3 aromatic rings. The number of anilines is 1. The van der Waals surface area contributed by atoms with E-state index in [0.29, 0.717) is 36.0 Å². The van der Waals surface area contributed by atoms with E-state index in [9.17, 15) is 22.0 Å². The number of sulfone groups is 1. The molecule has 0 spiro atoms. The van der Waals surface area contributed by atoms with Crippen molar-refractivity contribution in [2.75, 3.05) is 24.3 Å². The quantitative estimate of drug-likeness (QED) is 0.596. The summed E-state index contributed by atoms with van der Waals surface area (Å²) in [6, 6.07) is 7.70. The first kappa shape index (κ1) is 21.2. The number of aromatic nitrogens is 1. The van der Waals surface area contributed by atoms with Crippen molar-refractivity contribution < 1.29 is 31.5 Å². The summed E-state index contributed by atoms with van der Waals surface area (Å²) in [6.07, 6.45) is -0.281. The Hall–Kier alpha value is -3.05. The van der Waals surface area contributed by atoms with Gasteiger partial charge in [0.2, 0.25) is 5.91 Å².